The molecule has 126 valence electrons. The van der Waals surface area contributed by atoms with E-state index in [2.05, 4.69) is 69.4 Å². The van der Waals surface area contributed by atoms with Gasteiger partial charge in [0.1, 0.15) is 6.10 Å². The summed E-state index contributed by atoms with van der Waals surface area (Å²) in [6.07, 6.45) is -0.595. The summed E-state index contributed by atoms with van der Waals surface area (Å²) in [5, 5.41) is 2.85. The van der Waals surface area contributed by atoms with Crippen molar-refractivity contribution in [2.24, 2.45) is 0 Å². The highest BCUT2D eigenvalue weighted by atomic mass is 16.6. The lowest BCUT2D eigenvalue weighted by atomic mass is 9.88. The van der Waals surface area contributed by atoms with Gasteiger partial charge in [0.05, 0.1) is 6.04 Å². The van der Waals surface area contributed by atoms with Gasteiger partial charge < -0.3 is 10.1 Å². The van der Waals surface area contributed by atoms with E-state index in [-0.39, 0.29) is 18.2 Å². The molecule has 0 unspecified atom stereocenters. The van der Waals surface area contributed by atoms with Crippen LogP contribution in [-0.4, -0.2) is 12.1 Å². The summed E-state index contributed by atoms with van der Waals surface area (Å²) >= 11 is 0. The van der Waals surface area contributed by atoms with Crippen LogP contribution in [0.3, 0.4) is 0 Å². The van der Waals surface area contributed by atoms with Crippen LogP contribution in [0.25, 0.3) is 11.1 Å². The number of hydrogen-bond donors (Lipinski definition) is 1. The van der Waals surface area contributed by atoms with Gasteiger partial charge in [-0.2, -0.15) is 0 Å². The monoisotopic (exact) mass is 323 g/mol. The van der Waals surface area contributed by atoms with Crippen LogP contribution >= 0.6 is 0 Å². The maximum Gasteiger partial charge on any atom is 0.408 e. The summed E-state index contributed by atoms with van der Waals surface area (Å²) in [5.74, 6) is 0.475. The van der Waals surface area contributed by atoms with Crippen molar-refractivity contribution in [1.29, 1.82) is 0 Å². The molecule has 24 heavy (non-hydrogen) atoms. The molecule has 1 fully saturated rings. The Bertz CT molecular complexity index is 779. The van der Waals surface area contributed by atoms with E-state index < -0.39 is 0 Å². The van der Waals surface area contributed by atoms with E-state index >= 15 is 0 Å². The van der Waals surface area contributed by atoms with Crippen LogP contribution in [0.1, 0.15) is 55.0 Å². The van der Waals surface area contributed by atoms with Crippen molar-refractivity contribution in [2.75, 3.05) is 0 Å². The van der Waals surface area contributed by atoms with Gasteiger partial charge >= 0.3 is 6.09 Å². The minimum absolute atomic E-state index is 0.0355. The number of aryl methyl sites for hydroxylation is 2. The van der Waals surface area contributed by atoms with E-state index in [4.69, 9.17) is 4.74 Å². The normalized spacial score (nSPS) is 20.2. The van der Waals surface area contributed by atoms with Gasteiger partial charge in [0.15, 0.2) is 0 Å². The third kappa shape index (κ3) is 3.03. The first-order valence-corrected chi connectivity index (χ1v) is 8.55. The highest BCUT2D eigenvalue weighted by Gasteiger charge is 2.33. The number of carbonyl (C=O) groups excluding carboxylic acids is 1. The van der Waals surface area contributed by atoms with E-state index in [0.717, 1.165) is 11.1 Å². The molecule has 1 amide bonds. The molecule has 0 aromatic heterocycles. The topological polar surface area (TPSA) is 38.3 Å². The summed E-state index contributed by atoms with van der Waals surface area (Å²) < 4.78 is 5.54. The third-order valence-corrected chi connectivity index (χ3v) is 4.77. The lowest BCUT2D eigenvalue weighted by Gasteiger charge is -2.20. The average molecular weight is 323 g/mol. The number of rotatable bonds is 3. The zero-order chi connectivity index (χ0) is 17.4. The number of nitrogens with one attached hydrogen (secondary N) is 1. The number of benzene rings is 2. The minimum atomic E-state index is -0.340. The summed E-state index contributed by atoms with van der Waals surface area (Å²) in [4.78, 5) is 11.6. The molecule has 3 nitrogen and oxygen atoms in total. The van der Waals surface area contributed by atoms with Crippen LogP contribution in [0, 0.1) is 13.8 Å². The number of hydrogen-bond acceptors (Lipinski definition) is 2. The zero-order valence-electron chi connectivity index (χ0n) is 15.0. The van der Waals surface area contributed by atoms with Gasteiger partial charge in [-0.25, -0.2) is 4.79 Å². The van der Waals surface area contributed by atoms with E-state index in [1.165, 1.54) is 22.3 Å². The molecule has 2 aromatic rings. The van der Waals surface area contributed by atoms with Crippen LogP contribution in [0.2, 0.25) is 0 Å². The van der Waals surface area contributed by atoms with Crippen molar-refractivity contribution in [3.05, 3.63) is 58.7 Å². The number of cyclic esters (lactones) is 1. The highest BCUT2D eigenvalue weighted by molar-refractivity contribution is 5.75. The Hall–Kier alpha value is -2.29. The van der Waals surface area contributed by atoms with Gasteiger partial charge in [-0.05, 0) is 48.9 Å². The van der Waals surface area contributed by atoms with E-state index in [1.807, 2.05) is 6.92 Å². The Labute approximate surface area is 144 Å². The van der Waals surface area contributed by atoms with Crippen molar-refractivity contribution < 1.29 is 9.53 Å². The van der Waals surface area contributed by atoms with Gasteiger partial charge in [-0.3, -0.25) is 0 Å². The molecule has 3 rings (SSSR count). The standard InChI is InChI=1S/C21H25NO2/c1-12(2)16-8-7-14(4)18(11-16)17-9-6-13(3)10-19(17)20-15(5)22-21(23)24-20/h6-12,15,20H,1-5H3,(H,22,23)/t15-,20-/m0/s1. The largest absolute Gasteiger partial charge is 0.439 e. The second kappa shape index (κ2) is 6.31. The van der Waals surface area contributed by atoms with Crippen LogP contribution < -0.4 is 5.32 Å². The quantitative estimate of drug-likeness (QED) is 0.836. The first-order chi connectivity index (χ1) is 11.4. The second-order valence-corrected chi connectivity index (χ2v) is 7.08. The second-order valence-electron chi connectivity index (χ2n) is 7.08. The molecule has 0 spiro atoms. The molecular weight excluding hydrogens is 298 g/mol. The number of amides is 1. The van der Waals surface area contributed by atoms with Crippen LogP contribution in [0.15, 0.2) is 36.4 Å². The molecule has 1 aliphatic rings. The molecular formula is C21H25NO2. The van der Waals surface area contributed by atoms with Crippen LogP contribution in [0.5, 0.6) is 0 Å². The minimum Gasteiger partial charge on any atom is -0.439 e. The summed E-state index contributed by atoms with van der Waals surface area (Å²) in [5.41, 5.74) is 7.15. The molecule has 0 aliphatic carbocycles. The predicted molar refractivity (Wildman–Crippen MR) is 97.3 cm³/mol. The first-order valence-electron chi connectivity index (χ1n) is 8.55. The van der Waals surface area contributed by atoms with Crippen molar-refractivity contribution in [3.63, 3.8) is 0 Å². The molecule has 0 bridgehead atoms. The smallest absolute Gasteiger partial charge is 0.408 e. The Balaban J connectivity index is 2.15. The molecule has 1 aliphatic heterocycles. The summed E-state index contributed by atoms with van der Waals surface area (Å²) in [7, 11) is 0. The maximum atomic E-state index is 11.6. The zero-order valence-corrected chi connectivity index (χ0v) is 15.0. The SMILES string of the molecule is Cc1ccc(-c2cc(C(C)C)ccc2C)c([C@H]2OC(=O)N[C@H]2C)c1. The van der Waals surface area contributed by atoms with Gasteiger partial charge in [-0.1, -0.05) is 55.8 Å². The molecule has 3 heteroatoms. The number of carbonyl (C=O) groups is 1. The van der Waals surface area contributed by atoms with E-state index in [0.29, 0.717) is 5.92 Å². The predicted octanol–water partition coefficient (Wildman–Crippen LogP) is 5.26. The molecule has 0 saturated carbocycles. The molecule has 1 saturated heterocycles. The van der Waals surface area contributed by atoms with Crippen LogP contribution in [-0.2, 0) is 4.74 Å². The number of ether oxygens (including phenoxy) is 1. The Morgan fingerprint density at radius 2 is 1.79 bits per heavy atom. The van der Waals surface area contributed by atoms with E-state index in [9.17, 15) is 4.79 Å². The third-order valence-electron chi connectivity index (χ3n) is 4.77. The van der Waals surface area contributed by atoms with Crippen molar-refractivity contribution in [1.82, 2.24) is 5.32 Å². The average Bonchev–Trinajstić information content (AvgIpc) is 2.86. The molecule has 1 N–H and O–H groups in total. The maximum absolute atomic E-state index is 11.6. The fourth-order valence-electron chi connectivity index (χ4n) is 3.30. The van der Waals surface area contributed by atoms with Gasteiger partial charge in [0.25, 0.3) is 0 Å². The molecule has 2 atom stereocenters. The molecule has 1 heterocycles. The Morgan fingerprint density at radius 1 is 1.04 bits per heavy atom. The van der Waals surface area contributed by atoms with Crippen molar-refractivity contribution in [2.45, 2.75) is 52.7 Å². The van der Waals surface area contributed by atoms with Gasteiger partial charge in [-0.15, -0.1) is 0 Å². The Morgan fingerprint density at radius 3 is 2.42 bits per heavy atom. The van der Waals surface area contributed by atoms with Crippen molar-refractivity contribution >= 4 is 6.09 Å². The molecule has 0 radical (unpaired) electrons. The first kappa shape index (κ1) is 16.6. The fourth-order valence-corrected chi connectivity index (χ4v) is 3.30. The summed E-state index contributed by atoms with van der Waals surface area (Å²) in [6, 6.07) is 13.0. The Kier molecular flexibility index (Phi) is 4.35. The molecule has 2 aromatic carbocycles. The van der Waals surface area contributed by atoms with Gasteiger partial charge in [0.2, 0.25) is 0 Å². The van der Waals surface area contributed by atoms with E-state index in [1.54, 1.807) is 0 Å². The fraction of sp³-hybridized carbons (Fsp3) is 0.381. The lowest BCUT2D eigenvalue weighted by Crippen LogP contribution is -2.24. The van der Waals surface area contributed by atoms with Gasteiger partial charge in [0, 0.05) is 5.56 Å². The lowest BCUT2D eigenvalue weighted by molar-refractivity contribution is 0.134. The highest BCUT2D eigenvalue weighted by Crippen LogP contribution is 2.37. The van der Waals surface area contributed by atoms with Crippen LogP contribution in [0.4, 0.5) is 4.79 Å². The van der Waals surface area contributed by atoms with Crippen molar-refractivity contribution in [3.8, 4) is 11.1 Å². The number of alkyl carbamates (subject to hydrolysis) is 1. The summed E-state index contributed by atoms with van der Waals surface area (Å²) in [6.45, 7) is 10.6.